The summed E-state index contributed by atoms with van der Waals surface area (Å²) >= 11 is 0. The molecule has 0 saturated carbocycles. The van der Waals surface area contributed by atoms with Crippen molar-refractivity contribution >= 4 is 16.8 Å². The highest BCUT2D eigenvalue weighted by molar-refractivity contribution is 5.87. The average molecular weight is 219 g/mol. The maximum Gasteiger partial charge on any atom is 0.139 e. The molecule has 2 rings (SSSR count). The van der Waals surface area contributed by atoms with Gasteiger partial charge in [0.15, 0.2) is 0 Å². The number of aromatic nitrogens is 1. The van der Waals surface area contributed by atoms with Gasteiger partial charge in [-0.05, 0) is 18.1 Å². The minimum atomic E-state index is 0.230. The second-order valence-corrected chi connectivity index (χ2v) is 4.22. The van der Waals surface area contributed by atoms with Crippen molar-refractivity contribution in [1.29, 1.82) is 0 Å². The Morgan fingerprint density at radius 3 is 2.94 bits per heavy atom. The third kappa shape index (κ3) is 2.02. The first-order chi connectivity index (χ1) is 7.72. The summed E-state index contributed by atoms with van der Waals surface area (Å²) in [4.78, 5) is 4.32. The molecule has 1 unspecified atom stereocenters. The lowest BCUT2D eigenvalue weighted by Gasteiger charge is -2.21. The summed E-state index contributed by atoms with van der Waals surface area (Å²) in [6, 6.07) is 4.00. The van der Waals surface area contributed by atoms with Crippen LogP contribution in [-0.4, -0.2) is 17.6 Å². The van der Waals surface area contributed by atoms with Crippen LogP contribution >= 0.6 is 0 Å². The van der Waals surface area contributed by atoms with Crippen LogP contribution in [0.5, 0.6) is 0 Å². The monoisotopic (exact) mass is 219 g/mol. The van der Waals surface area contributed by atoms with E-state index < -0.39 is 0 Å². The van der Waals surface area contributed by atoms with E-state index >= 15 is 0 Å². The molecule has 0 bridgehead atoms. The molecule has 86 valence electrons. The van der Waals surface area contributed by atoms with Crippen LogP contribution in [-0.2, 0) is 0 Å². The molecule has 0 spiro atoms. The first-order valence-corrected chi connectivity index (χ1v) is 5.51. The second-order valence-electron chi connectivity index (χ2n) is 4.22. The van der Waals surface area contributed by atoms with Gasteiger partial charge in [-0.1, -0.05) is 13.8 Å². The highest BCUT2D eigenvalue weighted by atomic mass is 16.3. The van der Waals surface area contributed by atoms with E-state index in [1.54, 1.807) is 12.5 Å². The molecule has 2 heterocycles. The Bertz CT molecular complexity index is 464. The Labute approximate surface area is 94.8 Å². The molecule has 0 fully saturated rings. The van der Waals surface area contributed by atoms with E-state index in [9.17, 15) is 0 Å². The van der Waals surface area contributed by atoms with Gasteiger partial charge in [0.2, 0.25) is 0 Å². The summed E-state index contributed by atoms with van der Waals surface area (Å²) in [5.41, 5.74) is 6.57. The molecule has 0 aliphatic carbocycles. The van der Waals surface area contributed by atoms with Crippen LogP contribution in [0.4, 0.5) is 5.82 Å². The van der Waals surface area contributed by atoms with Crippen molar-refractivity contribution in [2.75, 3.05) is 11.9 Å². The zero-order valence-electron chi connectivity index (χ0n) is 9.60. The minimum absolute atomic E-state index is 0.230. The van der Waals surface area contributed by atoms with Gasteiger partial charge in [0.25, 0.3) is 0 Å². The van der Waals surface area contributed by atoms with Gasteiger partial charge in [-0.2, -0.15) is 0 Å². The lowest BCUT2D eigenvalue weighted by atomic mass is 10.0. The predicted octanol–water partition coefficient (Wildman–Crippen LogP) is 2.22. The third-order valence-corrected chi connectivity index (χ3v) is 2.76. The molecule has 3 N–H and O–H groups in total. The van der Waals surface area contributed by atoms with Crippen molar-refractivity contribution in [2.45, 2.75) is 19.9 Å². The molecule has 2 aromatic rings. The van der Waals surface area contributed by atoms with E-state index in [1.807, 2.05) is 12.1 Å². The summed E-state index contributed by atoms with van der Waals surface area (Å²) in [6.45, 7) is 4.87. The fraction of sp³-hybridized carbons (Fsp3) is 0.417. The normalized spacial score (nSPS) is 13.2. The maximum absolute atomic E-state index is 5.73. The maximum atomic E-state index is 5.73. The molecule has 4 nitrogen and oxygen atoms in total. The Morgan fingerprint density at radius 2 is 2.25 bits per heavy atom. The number of nitrogens with one attached hydrogen (secondary N) is 1. The predicted molar refractivity (Wildman–Crippen MR) is 65.3 cm³/mol. The van der Waals surface area contributed by atoms with Crippen molar-refractivity contribution < 1.29 is 4.42 Å². The van der Waals surface area contributed by atoms with Gasteiger partial charge in [0, 0.05) is 18.8 Å². The highest BCUT2D eigenvalue weighted by Gasteiger charge is 2.13. The SMILES string of the molecule is CC(C)C(CN)Nc1nccc2occc12. The lowest BCUT2D eigenvalue weighted by Crippen LogP contribution is -2.34. The zero-order valence-corrected chi connectivity index (χ0v) is 9.60. The van der Waals surface area contributed by atoms with Gasteiger partial charge in [0.1, 0.15) is 11.4 Å². The van der Waals surface area contributed by atoms with E-state index in [4.69, 9.17) is 10.2 Å². The standard InChI is InChI=1S/C12H17N3O/c1-8(2)10(7-13)15-12-9-4-6-16-11(9)3-5-14-12/h3-6,8,10H,7,13H2,1-2H3,(H,14,15). The van der Waals surface area contributed by atoms with Crippen molar-refractivity contribution in [3.8, 4) is 0 Å². The molecule has 0 aliphatic heterocycles. The summed E-state index contributed by atoms with van der Waals surface area (Å²) in [5.74, 6) is 1.31. The quantitative estimate of drug-likeness (QED) is 0.827. The van der Waals surface area contributed by atoms with E-state index in [0.29, 0.717) is 12.5 Å². The number of furan rings is 1. The van der Waals surface area contributed by atoms with Crippen LogP contribution < -0.4 is 11.1 Å². The third-order valence-electron chi connectivity index (χ3n) is 2.76. The molecular weight excluding hydrogens is 202 g/mol. The molecule has 0 amide bonds. The summed E-state index contributed by atoms with van der Waals surface area (Å²) in [5, 5.41) is 4.36. The minimum Gasteiger partial charge on any atom is -0.464 e. The van der Waals surface area contributed by atoms with Crippen molar-refractivity contribution in [2.24, 2.45) is 11.7 Å². The smallest absolute Gasteiger partial charge is 0.139 e. The molecule has 0 aromatic carbocycles. The lowest BCUT2D eigenvalue weighted by molar-refractivity contribution is 0.530. The van der Waals surface area contributed by atoms with E-state index in [0.717, 1.165) is 16.8 Å². The Balaban J connectivity index is 2.29. The largest absolute Gasteiger partial charge is 0.464 e. The zero-order chi connectivity index (χ0) is 11.5. The number of anilines is 1. The van der Waals surface area contributed by atoms with E-state index in [1.165, 1.54) is 0 Å². The van der Waals surface area contributed by atoms with Crippen molar-refractivity contribution in [3.05, 3.63) is 24.6 Å². The Morgan fingerprint density at radius 1 is 1.44 bits per heavy atom. The van der Waals surface area contributed by atoms with Gasteiger partial charge in [-0.3, -0.25) is 0 Å². The second kappa shape index (κ2) is 4.53. The van der Waals surface area contributed by atoms with Crippen LogP contribution in [0.1, 0.15) is 13.8 Å². The molecule has 4 heteroatoms. The summed E-state index contributed by atoms with van der Waals surface area (Å²) < 4.78 is 5.32. The van der Waals surface area contributed by atoms with Gasteiger partial charge < -0.3 is 15.5 Å². The molecular formula is C12H17N3O. The first-order valence-electron chi connectivity index (χ1n) is 5.51. The van der Waals surface area contributed by atoms with Crippen LogP contribution in [0.3, 0.4) is 0 Å². The molecule has 0 saturated heterocycles. The average Bonchev–Trinajstić information content (AvgIpc) is 2.73. The Hall–Kier alpha value is -1.55. The van der Waals surface area contributed by atoms with Crippen LogP contribution in [0.15, 0.2) is 29.0 Å². The number of nitrogens with zero attached hydrogens (tertiary/aromatic N) is 1. The van der Waals surface area contributed by atoms with E-state index in [2.05, 4.69) is 24.1 Å². The number of rotatable bonds is 4. The molecule has 16 heavy (non-hydrogen) atoms. The van der Waals surface area contributed by atoms with Gasteiger partial charge in [-0.15, -0.1) is 0 Å². The summed E-state index contributed by atoms with van der Waals surface area (Å²) in [7, 11) is 0. The van der Waals surface area contributed by atoms with Crippen molar-refractivity contribution in [3.63, 3.8) is 0 Å². The number of nitrogens with two attached hydrogens (primary N) is 1. The fourth-order valence-corrected chi connectivity index (χ4v) is 1.68. The number of fused-ring (bicyclic) bond motifs is 1. The fourth-order valence-electron chi connectivity index (χ4n) is 1.68. The van der Waals surface area contributed by atoms with Crippen LogP contribution in [0, 0.1) is 5.92 Å². The van der Waals surface area contributed by atoms with E-state index in [-0.39, 0.29) is 6.04 Å². The number of hydrogen-bond donors (Lipinski definition) is 2. The van der Waals surface area contributed by atoms with Crippen LogP contribution in [0.2, 0.25) is 0 Å². The topological polar surface area (TPSA) is 64.1 Å². The van der Waals surface area contributed by atoms with Gasteiger partial charge in [0.05, 0.1) is 11.6 Å². The first kappa shape index (κ1) is 11.0. The highest BCUT2D eigenvalue weighted by Crippen LogP contribution is 2.23. The van der Waals surface area contributed by atoms with Crippen molar-refractivity contribution in [1.82, 2.24) is 4.98 Å². The summed E-state index contributed by atoms with van der Waals surface area (Å²) in [6.07, 6.45) is 3.41. The van der Waals surface area contributed by atoms with Crippen LogP contribution in [0.25, 0.3) is 11.0 Å². The van der Waals surface area contributed by atoms with Gasteiger partial charge in [-0.25, -0.2) is 4.98 Å². The molecule has 1 atom stereocenters. The molecule has 0 aliphatic rings. The van der Waals surface area contributed by atoms with Gasteiger partial charge >= 0.3 is 0 Å². The molecule has 2 aromatic heterocycles. The molecule has 0 radical (unpaired) electrons. The Kier molecular flexibility index (Phi) is 3.10. The number of pyridine rings is 1. The number of hydrogen-bond acceptors (Lipinski definition) is 4.